The van der Waals surface area contributed by atoms with Crippen LogP contribution in [0.1, 0.15) is 30.5 Å². The van der Waals surface area contributed by atoms with E-state index in [1.54, 1.807) is 23.0 Å². The Morgan fingerprint density at radius 1 is 1.27 bits per heavy atom. The third kappa shape index (κ3) is 3.86. The van der Waals surface area contributed by atoms with Crippen molar-refractivity contribution in [3.05, 3.63) is 53.5 Å². The summed E-state index contributed by atoms with van der Waals surface area (Å²) in [5, 5.41) is 13.6. The average molecular weight is 403 g/mol. The fraction of sp³-hybridized carbons (Fsp3) is 0.286. The summed E-state index contributed by atoms with van der Waals surface area (Å²) in [5.74, 6) is 0.914. The first-order valence-corrected chi connectivity index (χ1v) is 9.99. The highest BCUT2D eigenvalue weighted by Crippen LogP contribution is 2.28. The molecule has 0 aromatic carbocycles. The van der Waals surface area contributed by atoms with Crippen LogP contribution in [0, 0.1) is 0 Å². The van der Waals surface area contributed by atoms with Crippen molar-refractivity contribution in [1.82, 2.24) is 24.9 Å². The molecule has 30 heavy (non-hydrogen) atoms. The van der Waals surface area contributed by atoms with Gasteiger partial charge < -0.3 is 10.6 Å². The van der Waals surface area contributed by atoms with E-state index in [-0.39, 0.29) is 18.2 Å². The first-order chi connectivity index (χ1) is 14.7. The highest BCUT2D eigenvalue weighted by atomic mass is 16.2. The molecule has 4 heterocycles. The van der Waals surface area contributed by atoms with Gasteiger partial charge in [0, 0.05) is 48.1 Å². The molecule has 0 atom stereocenters. The van der Waals surface area contributed by atoms with Gasteiger partial charge in [-0.15, -0.1) is 0 Å². The lowest BCUT2D eigenvalue weighted by Gasteiger charge is -2.11. The Kier molecular flexibility index (Phi) is 4.62. The van der Waals surface area contributed by atoms with Crippen LogP contribution in [0.5, 0.6) is 0 Å². The molecule has 0 unspecified atom stereocenters. The van der Waals surface area contributed by atoms with Crippen molar-refractivity contribution < 1.29 is 9.59 Å². The van der Waals surface area contributed by atoms with Gasteiger partial charge in [-0.2, -0.15) is 9.61 Å². The summed E-state index contributed by atoms with van der Waals surface area (Å²) in [5.41, 5.74) is 2.75. The van der Waals surface area contributed by atoms with Gasteiger partial charge in [-0.1, -0.05) is 6.07 Å². The van der Waals surface area contributed by atoms with E-state index in [1.807, 2.05) is 24.3 Å². The number of amides is 2. The van der Waals surface area contributed by atoms with Crippen molar-refractivity contribution in [2.75, 3.05) is 17.2 Å². The minimum absolute atomic E-state index is 0.0748. The fourth-order valence-electron chi connectivity index (χ4n) is 3.39. The van der Waals surface area contributed by atoms with E-state index < -0.39 is 0 Å². The number of imide groups is 1. The second kappa shape index (κ2) is 7.58. The predicted molar refractivity (Wildman–Crippen MR) is 112 cm³/mol. The number of fused-ring (bicyclic) bond motifs is 1. The lowest BCUT2D eigenvalue weighted by Crippen LogP contribution is -2.19. The van der Waals surface area contributed by atoms with Crippen molar-refractivity contribution in [2.24, 2.45) is 0 Å². The number of nitrogens with zero attached hydrogens (tertiary/aromatic N) is 4. The van der Waals surface area contributed by atoms with Crippen LogP contribution < -0.4 is 16.0 Å². The van der Waals surface area contributed by atoms with Crippen molar-refractivity contribution >= 4 is 35.2 Å². The minimum atomic E-state index is -0.361. The van der Waals surface area contributed by atoms with Gasteiger partial charge in [-0.3, -0.25) is 19.9 Å². The van der Waals surface area contributed by atoms with E-state index in [0.29, 0.717) is 35.2 Å². The molecule has 1 saturated carbocycles. The molecule has 1 saturated heterocycles. The Hall–Kier alpha value is -3.75. The number of anilines is 2. The molecule has 2 amide bonds. The van der Waals surface area contributed by atoms with Crippen LogP contribution in [0.25, 0.3) is 11.7 Å². The molecule has 0 radical (unpaired) electrons. The lowest BCUT2D eigenvalue weighted by atomic mass is 10.1. The summed E-state index contributed by atoms with van der Waals surface area (Å²) in [7, 11) is 0. The molecular formula is C21H21N7O2. The van der Waals surface area contributed by atoms with Crippen molar-refractivity contribution in [3.63, 3.8) is 0 Å². The van der Waals surface area contributed by atoms with E-state index in [1.165, 1.54) is 0 Å². The van der Waals surface area contributed by atoms with E-state index in [9.17, 15) is 9.59 Å². The highest BCUT2D eigenvalue weighted by Gasteiger charge is 2.25. The molecule has 9 nitrogen and oxygen atoms in total. The fourth-order valence-corrected chi connectivity index (χ4v) is 3.39. The maximum atomic E-state index is 11.9. The first kappa shape index (κ1) is 18.3. The van der Waals surface area contributed by atoms with Gasteiger partial charge >= 0.3 is 0 Å². The van der Waals surface area contributed by atoms with Gasteiger partial charge in [-0.05, 0) is 31.1 Å². The normalized spacial score (nSPS) is 17.5. The van der Waals surface area contributed by atoms with Crippen LogP contribution in [-0.2, 0) is 16.0 Å². The van der Waals surface area contributed by atoms with Gasteiger partial charge in [0.1, 0.15) is 11.6 Å². The summed E-state index contributed by atoms with van der Waals surface area (Å²) in [6, 6.07) is 8.25. The van der Waals surface area contributed by atoms with E-state index >= 15 is 0 Å². The molecule has 3 N–H and O–H groups in total. The molecule has 3 aromatic rings. The number of carbonyl (C=O) groups is 2. The zero-order chi connectivity index (χ0) is 20.5. The second-order valence-electron chi connectivity index (χ2n) is 7.50. The highest BCUT2D eigenvalue weighted by molar-refractivity contribution is 6.15. The Balaban J connectivity index is 1.44. The standard InChI is InChI=1S/C21H21N7O2/c29-19-10-13(21(30)27-19)9-14-12-24-28-18(25-16-4-5-16)11-17(26-20(14)28)23-8-6-15-3-1-2-7-22-15/h1-3,7,9,11-12,16,25H,4-6,8,10H2,(H,23,26)(H,27,29,30)/b13-9+. The number of hydrogen-bond acceptors (Lipinski definition) is 7. The zero-order valence-corrected chi connectivity index (χ0v) is 16.3. The summed E-state index contributed by atoms with van der Waals surface area (Å²) >= 11 is 0. The summed E-state index contributed by atoms with van der Waals surface area (Å²) in [6.45, 7) is 0.685. The number of aromatic nitrogens is 4. The second-order valence-corrected chi connectivity index (χ2v) is 7.50. The Bertz CT molecular complexity index is 1150. The van der Waals surface area contributed by atoms with Gasteiger partial charge in [0.25, 0.3) is 5.91 Å². The van der Waals surface area contributed by atoms with Gasteiger partial charge in [0.2, 0.25) is 5.91 Å². The monoisotopic (exact) mass is 403 g/mol. The quantitative estimate of drug-likeness (QED) is 0.407. The Morgan fingerprint density at radius 3 is 2.90 bits per heavy atom. The van der Waals surface area contributed by atoms with Crippen LogP contribution in [-0.4, -0.2) is 44.0 Å². The molecule has 2 aliphatic rings. The molecule has 2 fully saturated rings. The SMILES string of the molecule is O=C1C/C(=C\c2cnn3c(NC4CC4)cc(NCCc4ccccn4)nc23)C(=O)N1. The molecule has 5 rings (SSSR count). The minimum Gasteiger partial charge on any atom is -0.369 e. The van der Waals surface area contributed by atoms with Gasteiger partial charge in [0.05, 0.1) is 12.6 Å². The summed E-state index contributed by atoms with van der Waals surface area (Å²) < 4.78 is 1.74. The first-order valence-electron chi connectivity index (χ1n) is 9.99. The number of carbonyl (C=O) groups excluding carboxylic acids is 2. The summed E-state index contributed by atoms with van der Waals surface area (Å²) in [6.07, 6.45) is 8.25. The van der Waals surface area contributed by atoms with Crippen LogP contribution in [0.3, 0.4) is 0 Å². The van der Waals surface area contributed by atoms with E-state index in [0.717, 1.165) is 30.8 Å². The predicted octanol–water partition coefficient (Wildman–Crippen LogP) is 1.78. The smallest absolute Gasteiger partial charge is 0.254 e. The van der Waals surface area contributed by atoms with E-state index in [2.05, 4.69) is 26.0 Å². The molecule has 1 aliphatic carbocycles. The lowest BCUT2D eigenvalue weighted by molar-refractivity contribution is -0.124. The third-order valence-electron chi connectivity index (χ3n) is 5.07. The molecule has 152 valence electrons. The van der Waals surface area contributed by atoms with Crippen molar-refractivity contribution in [3.8, 4) is 0 Å². The topological polar surface area (TPSA) is 113 Å². The molecule has 0 bridgehead atoms. The zero-order valence-electron chi connectivity index (χ0n) is 16.3. The number of nitrogens with one attached hydrogen (secondary N) is 3. The molecule has 9 heteroatoms. The average Bonchev–Trinajstić information content (AvgIpc) is 3.37. The molecule has 1 aliphatic heterocycles. The van der Waals surface area contributed by atoms with Crippen molar-refractivity contribution in [2.45, 2.75) is 31.7 Å². The van der Waals surface area contributed by atoms with Crippen molar-refractivity contribution in [1.29, 1.82) is 0 Å². The van der Waals surface area contributed by atoms with Crippen LogP contribution in [0.4, 0.5) is 11.6 Å². The molecule has 3 aromatic heterocycles. The van der Waals surface area contributed by atoms with Gasteiger partial charge in [0.15, 0.2) is 5.65 Å². The number of rotatable bonds is 7. The maximum Gasteiger partial charge on any atom is 0.254 e. The number of hydrogen-bond donors (Lipinski definition) is 3. The molecule has 0 spiro atoms. The Morgan fingerprint density at radius 2 is 2.17 bits per heavy atom. The van der Waals surface area contributed by atoms with Crippen LogP contribution >= 0.6 is 0 Å². The molecular weight excluding hydrogens is 382 g/mol. The van der Waals surface area contributed by atoms with Crippen LogP contribution in [0.15, 0.2) is 42.2 Å². The summed E-state index contributed by atoms with van der Waals surface area (Å²) in [4.78, 5) is 32.5. The number of pyridine rings is 1. The maximum absolute atomic E-state index is 11.9. The van der Waals surface area contributed by atoms with E-state index in [4.69, 9.17) is 4.98 Å². The largest absolute Gasteiger partial charge is 0.369 e. The van der Waals surface area contributed by atoms with Gasteiger partial charge in [-0.25, -0.2) is 4.98 Å². The van der Waals surface area contributed by atoms with Crippen LogP contribution in [0.2, 0.25) is 0 Å². The Labute approximate surface area is 172 Å². The third-order valence-corrected chi connectivity index (χ3v) is 5.07.